The van der Waals surface area contributed by atoms with E-state index in [2.05, 4.69) is 29.2 Å². The highest BCUT2D eigenvalue weighted by Gasteiger charge is 2.34. The molecule has 0 aliphatic carbocycles. The predicted octanol–water partition coefficient (Wildman–Crippen LogP) is 3.94. The van der Waals surface area contributed by atoms with Gasteiger partial charge in [-0.3, -0.25) is 4.99 Å². The second kappa shape index (κ2) is 11.1. The van der Waals surface area contributed by atoms with Crippen LogP contribution in [0.4, 0.5) is 0 Å². The first-order valence-electron chi connectivity index (χ1n) is 10.1. The number of hydrogen-bond donors (Lipinski definition) is 1. The van der Waals surface area contributed by atoms with E-state index in [1.165, 1.54) is 31.2 Å². The van der Waals surface area contributed by atoms with Crippen LogP contribution in [-0.4, -0.2) is 50.3 Å². The average molecular weight is 487 g/mol. The molecular weight excluding hydrogens is 453 g/mol. The minimum Gasteiger partial charge on any atom is -0.494 e. The third kappa shape index (κ3) is 5.98. The van der Waals surface area contributed by atoms with Gasteiger partial charge in [-0.05, 0) is 50.3 Å². The standard InChI is InChI=1S/C21H33N3O2.HI/c1-2-26-19-9-7-18(8-10-19)21(11-15-25-16-12-21)17-23-20(22)24-13-5-3-4-6-14-24;/h7-10H,2-6,11-17H2,1H3,(H2,22,23);1H. The van der Waals surface area contributed by atoms with Gasteiger partial charge in [0.2, 0.25) is 0 Å². The van der Waals surface area contributed by atoms with Crippen LogP contribution in [0.25, 0.3) is 0 Å². The molecule has 2 saturated heterocycles. The van der Waals surface area contributed by atoms with Gasteiger partial charge in [0.25, 0.3) is 0 Å². The molecule has 5 nitrogen and oxygen atoms in total. The Hall–Kier alpha value is -1.02. The van der Waals surface area contributed by atoms with Gasteiger partial charge in [0.15, 0.2) is 5.96 Å². The van der Waals surface area contributed by atoms with E-state index in [4.69, 9.17) is 20.2 Å². The molecule has 0 amide bonds. The van der Waals surface area contributed by atoms with Crippen LogP contribution in [0.15, 0.2) is 29.3 Å². The highest BCUT2D eigenvalue weighted by molar-refractivity contribution is 14.0. The summed E-state index contributed by atoms with van der Waals surface area (Å²) in [5.74, 6) is 1.63. The molecule has 2 aliphatic rings. The quantitative estimate of drug-likeness (QED) is 0.389. The molecule has 2 N–H and O–H groups in total. The van der Waals surface area contributed by atoms with E-state index >= 15 is 0 Å². The van der Waals surface area contributed by atoms with Crippen LogP contribution in [0.3, 0.4) is 0 Å². The van der Waals surface area contributed by atoms with Crippen molar-refractivity contribution in [1.29, 1.82) is 0 Å². The van der Waals surface area contributed by atoms with Gasteiger partial charge < -0.3 is 20.1 Å². The maximum atomic E-state index is 6.36. The monoisotopic (exact) mass is 487 g/mol. The van der Waals surface area contributed by atoms with Gasteiger partial charge in [-0.25, -0.2) is 0 Å². The minimum absolute atomic E-state index is 0. The van der Waals surface area contributed by atoms with E-state index in [1.807, 2.05) is 6.92 Å². The number of nitrogens with two attached hydrogens (primary N) is 1. The van der Waals surface area contributed by atoms with Crippen LogP contribution in [0, 0.1) is 0 Å². The number of nitrogens with zero attached hydrogens (tertiary/aromatic N) is 2. The summed E-state index contributed by atoms with van der Waals surface area (Å²) >= 11 is 0. The summed E-state index contributed by atoms with van der Waals surface area (Å²) in [6.07, 6.45) is 7.01. The molecule has 0 radical (unpaired) electrons. The maximum Gasteiger partial charge on any atom is 0.191 e. The Labute approximate surface area is 180 Å². The first-order valence-corrected chi connectivity index (χ1v) is 10.1. The number of likely N-dealkylation sites (tertiary alicyclic amines) is 1. The molecule has 1 aromatic rings. The zero-order valence-corrected chi connectivity index (χ0v) is 18.8. The van der Waals surface area contributed by atoms with E-state index in [0.29, 0.717) is 12.6 Å². The average Bonchev–Trinajstić information content (AvgIpc) is 2.97. The SMILES string of the molecule is CCOc1ccc(C2(CN=C(N)N3CCCCCC3)CCOCC2)cc1.I. The molecule has 27 heavy (non-hydrogen) atoms. The number of guanidine groups is 1. The Morgan fingerprint density at radius 1 is 1.11 bits per heavy atom. The van der Waals surface area contributed by atoms with E-state index in [9.17, 15) is 0 Å². The number of benzene rings is 1. The fraction of sp³-hybridized carbons (Fsp3) is 0.667. The molecular formula is C21H34IN3O2. The Morgan fingerprint density at radius 3 is 2.33 bits per heavy atom. The Kier molecular flexibility index (Phi) is 9.15. The third-order valence-corrected chi connectivity index (χ3v) is 5.70. The van der Waals surface area contributed by atoms with Gasteiger partial charge in [-0.15, -0.1) is 24.0 Å². The molecule has 2 fully saturated rings. The molecule has 0 aromatic heterocycles. The first-order chi connectivity index (χ1) is 12.7. The van der Waals surface area contributed by atoms with Crippen LogP contribution in [0.1, 0.15) is 51.0 Å². The Bertz CT molecular complexity index is 578. The molecule has 0 saturated carbocycles. The van der Waals surface area contributed by atoms with Gasteiger partial charge in [0, 0.05) is 31.7 Å². The molecule has 2 heterocycles. The second-order valence-electron chi connectivity index (χ2n) is 7.43. The van der Waals surface area contributed by atoms with Gasteiger partial charge in [-0.1, -0.05) is 25.0 Å². The van der Waals surface area contributed by atoms with Gasteiger partial charge in [-0.2, -0.15) is 0 Å². The van der Waals surface area contributed by atoms with Crippen molar-refractivity contribution in [3.8, 4) is 5.75 Å². The van der Waals surface area contributed by atoms with E-state index in [0.717, 1.165) is 51.4 Å². The summed E-state index contributed by atoms with van der Waals surface area (Å²) in [6, 6.07) is 8.51. The molecule has 1 aromatic carbocycles. The molecule has 0 atom stereocenters. The smallest absolute Gasteiger partial charge is 0.191 e. The fourth-order valence-corrected chi connectivity index (χ4v) is 4.00. The summed E-state index contributed by atoms with van der Waals surface area (Å²) in [4.78, 5) is 7.12. The van der Waals surface area contributed by atoms with E-state index in [-0.39, 0.29) is 29.4 Å². The third-order valence-electron chi connectivity index (χ3n) is 5.70. The number of halogens is 1. The molecule has 152 valence electrons. The Balaban J connectivity index is 0.00000261. The van der Waals surface area contributed by atoms with Crippen LogP contribution in [0.5, 0.6) is 5.75 Å². The maximum absolute atomic E-state index is 6.36. The summed E-state index contributed by atoms with van der Waals surface area (Å²) in [7, 11) is 0. The lowest BCUT2D eigenvalue weighted by molar-refractivity contribution is 0.0530. The van der Waals surface area contributed by atoms with Gasteiger partial charge >= 0.3 is 0 Å². The van der Waals surface area contributed by atoms with Crippen LogP contribution in [-0.2, 0) is 10.2 Å². The topological polar surface area (TPSA) is 60.1 Å². The van der Waals surface area contributed by atoms with Crippen molar-refractivity contribution in [1.82, 2.24) is 4.90 Å². The largest absolute Gasteiger partial charge is 0.494 e. The highest BCUT2D eigenvalue weighted by atomic mass is 127. The van der Waals surface area contributed by atoms with Crippen molar-refractivity contribution in [2.75, 3.05) is 39.5 Å². The lowest BCUT2D eigenvalue weighted by Gasteiger charge is -2.37. The Morgan fingerprint density at radius 2 is 1.74 bits per heavy atom. The minimum atomic E-state index is 0. The number of hydrogen-bond acceptors (Lipinski definition) is 3. The summed E-state index contributed by atoms with van der Waals surface area (Å²) in [5, 5.41) is 0. The lowest BCUT2D eigenvalue weighted by Crippen LogP contribution is -2.41. The van der Waals surface area contributed by atoms with Crippen molar-refractivity contribution in [2.45, 2.75) is 50.9 Å². The summed E-state index contributed by atoms with van der Waals surface area (Å²) < 4.78 is 11.2. The highest BCUT2D eigenvalue weighted by Crippen LogP contribution is 2.36. The van der Waals surface area contributed by atoms with Crippen LogP contribution >= 0.6 is 24.0 Å². The lowest BCUT2D eigenvalue weighted by atomic mass is 9.74. The van der Waals surface area contributed by atoms with E-state index < -0.39 is 0 Å². The summed E-state index contributed by atoms with van der Waals surface area (Å²) in [5.41, 5.74) is 7.69. The van der Waals surface area contributed by atoms with Crippen molar-refractivity contribution in [3.05, 3.63) is 29.8 Å². The fourth-order valence-electron chi connectivity index (χ4n) is 4.00. The normalized spacial score (nSPS) is 20.5. The molecule has 3 rings (SSSR count). The van der Waals surface area contributed by atoms with Crippen molar-refractivity contribution < 1.29 is 9.47 Å². The van der Waals surface area contributed by atoms with Gasteiger partial charge in [0.1, 0.15) is 5.75 Å². The number of ether oxygens (including phenoxy) is 2. The van der Waals surface area contributed by atoms with Crippen LogP contribution < -0.4 is 10.5 Å². The molecule has 2 aliphatic heterocycles. The zero-order chi connectivity index (χ0) is 18.2. The van der Waals surface area contributed by atoms with Crippen LogP contribution in [0.2, 0.25) is 0 Å². The number of aliphatic imine (C=N–C) groups is 1. The first kappa shape index (κ1) is 22.3. The van der Waals surface area contributed by atoms with E-state index in [1.54, 1.807) is 0 Å². The van der Waals surface area contributed by atoms with Crippen molar-refractivity contribution >= 4 is 29.9 Å². The van der Waals surface area contributed by atoms with Crippen molar-refractivity contribution in [3.63, 3.8) is 0 Å². The zero-order valence-electron chi connectivity index (χ0n) is 16.5. The predicted molar refractivity (Wildman–Crippen MR) is 121 cm³/mol. The van der Waals surface area contributed by atoms with Crippen molar-refractivity contribution in [2.24, 2.45) is 10.7 Å². The second-order valence-corrected chi connectivity index (χ2v) is 7.43. The molecule has 0 bridgehead atoms. The molecule has 6 heteroatoms. The summed E-state index contributed by atoms with van der Waals surface area (Å²) in [6.45, 7) is 7.07. The van der Waals surface area contributed by atoms with Gasteiger partial charge in [0.05, 0.1) is 13.2 Å². The molecule has 0 unspecified atom stereocenters. The number of rotatable bonds is 5. The molecule has 0 spiro atoms.